The number of fused-ring (bicyclic) bond motifs is 1. The lowest BCUT2D eigenvalue weighted by molar-refractivity contribution is -0.138. The molecule has 5 nitrogen and oxygen atoms in total. The van der Waals surface area contributed by atoms with Crippen LogP contribution >= 0.6 is 0 Å². The van der Waals surface area contributed by atoms with Crippen molar-refractivity contribution in [3.05, 3.63) is 72.3 Å². The predicted octanol–water partition coefficient (Wildman–Crippen LogP) is 2.77. The summed E-state index contributed by atoms with van der Waals surface area (Å²) < 4.78 is 5.76. The van der Waals surface area contributed by atoms with Crippen molar-refractivity contribution in [2.45, 2.75) is 12.5 Å². The first-order valence-corrected chi connectivity index (χ1v) is 8.42. The molecule has 25 heavy (non-hydrogen) atoms. The summed E-state index contributed by atoms with van der Waals surface area (Å²) in [7, 11) is 0. The van der Waals surface area contributed by atoms with Crippen LogP contribution in [0.5, 0.6) is 0 Å². The molecule has 5 heteroatoms. The van der Waals surface area contributed by atoms with Crippen molar-refractivity contribution in [2.24, 2.45) is 0 Å². The van der Waals surface area contributed by atoms with E-state index in [-0.39, 0.29) is 12.0 Å². The zero-order valence-electron chi connectivity index (χ0n) is 13.8. The van der Waals surface area contributed by atoms with Gasteiger partial charge in [-0.1, -0.05) is 42.5 Å². The zero-order valence-corrected chi connectivity index (χ0v) is 13.8. The Bertz CT molecular complexity index is 882. The third-order valence-corrected chi connectivity index (χ3v) is 4.50. The number of rotatable bonds is 3. The van der Waals surface area contributed by atoms with Gasteiger partial charge in [-0.3, -0.25) is 14.8 Å². The first kappa shape index (κ1) is 15.7. The number of carbonyl (C=O) groups excluding carboxylic acids is 1. The largest absolute Gasteiger partial charge is 0.368 e. The maximum absolute atomic E-state index is 12.7. The Kier molecular flexibility index (Phi) is 4.39. The van der Waals surface area contributed by atoms with Gasteiger partial charge in [-0.05, 0) is 16.3 Å². The SMILES string of the molecule is O=C(Cc1ccc2ccccc2c1)N1CCO[C@@H](c2cnccn2)C1. The van der Waals surface area contributed by atoms with Crippen LogP contribution in [0.15, 0.2) is 61.1 Å². The fourth-order valence-corrected chi connectivity index (χ4v) is 3.17. The van der Waals surface area contributed by atoms with Gasteiger partial charge < -0.3 is 9.64 Å². The molecule has 0 N–H and O–H groups in total. The van der Waals surface area contributed by atoms with Crippen LogP contribution in [-0.2, 0) is 16.0 Å². The number of hydrogen-bond donors (Lipinski definition) is 0. The van der Waals surface area contributed by atoms with Crippen LogP contribution in [0.4, 0.5) is 0 Å². The van der Waals surface area contributed by atoms with Gasteiger partial charge in [-0.25, -0.2) is 0 Å². The molecule has 0 aliphatic carbocycles. The van der Waals surface area contributed by atoms with Crippen molar-refractivity contribution in [2.75, 3.05) is 19.7 Å². The van der Waals surface area contributed by atoms with Crippen LogP contribution in [0, 0.1) is 0 Å². The Hall–Kier alpha value is -2.79. The number of aromatic nitrogens is 2. The van der Waals surface area contributed by atoms with E-state index in [1.807, 2.05) is 23.1 Å². The van der Waals surface area contributed by atoms with Gasteiger partial charge in [-0.2, -0.15) is 0 Å². The molecule has 2 heterocycles. The van der Waals surface area contributed by atoms with Crippen molar-refractivity contribution in [1.82, 2.24) is 14.9 Å². The number of hydrogen-bond acceptors (Lipinski definition) is 4. The standard InChI is InChI=1S/C20H19N3O2/c24-20(12-15-5-6-16-3-1-2-4-17(16)11-15)23-9-10-25-19(14-23)18-13-21-7-8-22-18/h1-8,11,13,19H,9-10,12,14H2/t19-/m1/s1. The number of ether oxygens (including phenoxy) is 1. The molecule has 4 rings (SSSR count). The second kappa shape index (κ2) is 6.99. The lowest BCUT2D eigenvalue weighted by Crippen LogP contribution is -2.43. The summed E-state index contributed by atoms with van der Waals surface area (Å²) in [6, 6.07) is 14.4. The minimum absolute atomic E-state index is 0.118. The highest BCUT2D eigenvalue weighted by Gasteiger charge is 2.26. The molecule has 0 spiro atoms. The van der Waals surface area contributed by atoms with Gasteiger partial charge in [0.15, 0.2) is 0 Å². The Labute approximate surface area is 146 Å². The summed E-state index contributed by atoms with van der Waals surface area (Å²) in [5.74, 6) is 0.118. The van der Waals surface area contributed by atoms with Crippen molar-refractivity contribution in [3.8, 4) is 0 Å². The summed E-state index contributed by atoms with van der Waals surface area (Å²) >= 11 is 0. The van der Waals surface area contributed by atoms with E-state index >= 15 is 0 Å². The molecule has 0 bridgehead atoms. The molecule has 0 radical (unpaired) electrons. The van der Waals surface area contributed by atoms with Crippen LogP contribution in [0.25, 0.3) is 10.8 Å². The van der Waals surface area contributed by atoms with Crippen LogP contribution < -0.4 is 0 Å². The number of nitrogens with zero attached hydrogens (tertiary/aromatic N) is 3. The minimum Gasteiger partial charge on any atom is -0.368 e. The van der Waals surface area contributed by atoms with Gasteiger partial charge >= 0.3 is 0 Å². The first-order valence-electron chi connectivity index (χ1n) is 8.42. The molecule has 0 unspecified atom stereocenters. The molecule has 1 aliphatic heterocycles. The summed E-state index contributed by atoms with van der Waals surface area (Å²) in [6.07, 6.45) is 5.17. The molecule has 2 aromatic carbocycles. The quantitative estimate of drug-likeness (QED) is 0.739. The highest BCUT2D eigenvalue weighted by molar-refractivity contribution is 5.85. The molecule has 1 amide bonds. The van der Waals surface area contributed by atoms with Crippen LogP contribution in [0.2, 0.25) is 0 Å². The van der Waals surface area contributed by atoms with Gasteiger partial charge in [-0.15, -0.1) is 0 Å². The average molecular weight is 333 g/mol. The van der Waals surface area contributed by atoms with E-state index in [0.717, 1.165) is 16.6 Å². The van der Waals surface area contributed by atoms with Crippen molar-refractivity contribution >= 4 is 16.7 Å². The summed E-state index contributed by atoms with van der Waals surface area (Å²) in [5, 5.41) is 2.35. The number of morpholine rings is 1. The van der Waals surface area contributed by atoms with E-state index in [0.29, 0.717) is 26.1 Å². The van der Waals surface area contributed by atoms with Crippen molar-refractivity contribution in [1.29, 1.82) is 0 Å². The topological polar surface area (TPSA) is 55.3 Å². The Morgan fingerprint density at radius 3 is 2.88 bits per heavy atom. The summed E-state index contributed by atoms with van der Waals surface area (Å²) in [5.41, 5.74) is 1.80. The van der Waals surface area contributed by atoms with E-state index in [1.165, 1.54) is 5.39 Å². The lowest BCUT2D eigenvalue weighted by Gasteiger charge is -2.32. The lowest BCUT2D eigenvalue weighted by atomic mass is 10.0. The molecular formula is C20H19N3O2. The summed E-state index contributed by atoms with van der Waals surface area (Å²) in [6.45, 7) is 1.65. The molecule has 0 saturated carbocycles. The van der Waals surface area contributed by atoms with Crippen LogP contribution in [0.1, 0.15) is 17.4 Å². The highest BCUT2D eigenvalue weighted by atomic mass is 16.5. The molecule has 3 aromatic rings. The average Bonchev–Trinajstić information content (AvgIpc) is 2.69. The van der Waals surface area contributed by atoms with Gasteiger partial charge in [0.25, 0.3) is 0 Å². The molecule has 1 fully saturated rings. The molecular weight excluding hydrogens is 314 g/mol. The van der Waals surface area contributed by atoms with Crippen molar-refractivity contribution in [3.63, 3.8) is 0 Å². The second-order valence-electron chi connectivity index (χ2n) is 6.19. The predicted molar refractivity (Wildman–Crippen MR) is 95.0 cm³/mol. The maximum atomic E-state index is 12.7. The van der Waals surface area contributed by atoms with Gasteiger partial charge in [0.05, 0.1) is 31.5 Å². The van der Waals surface area contributed by atoms with Crippen LogP contribution in [-0.4, -0.2) is 40.5 Å². The third kappa shape index (κ3) is 3.51. The Balaban J connectivity index is 1.46. The van der Waals surface area contributed by atoms with Gasteiger partial charge in [0, 0.05) is 18.9 Å². The van der Waals surface area contributed by atoms with Crippen LogP contribution in [0.3, 0.4) is 0 Å². The summed E-state index contributed by atoms with van der Waals surface area (Å²) in [4.78, 5) is 22.9. The smallest absolute Gasteiger partial charge is 0.227 e. The van der Waals surface area contributed by atoms with Crippen molar-refractivity contribution < 1.29 is 9.53 Å². The first-order chi connectivity index (χ1) is 12.3. The highest BCUT2D eigenvalue weighted by Crippen LogP contribution is 2.21. The molecule has 1 saturated heterocycles. The molecule has 1 atom stereocenters. The number of benzene rings is 2. The second-order valence-corrected chi connectivity index (χ2v) is 6.19. The molecule has 1 aliphatic rings. The normalized spacial score (nSPS) is 17.6. The Morgan fingerprint density at radius 2 is 2.04 bits per heavy atom. The number of amides is 1. The zero-order chi connectivity index (χ0) is 17.1. The van der Waals surface area contributed by atoms with E-state index in [9.17, 15) is 4.79 Å². The molecule has 1 aromatic heterocycles. The molecule has 126 valence electrons. The van der Waals surface area contributed by atoms with Gasteiger partial charge in [0.1, 0.15) is 6.10 Å². The van der Waals surface area contributed by atoms with E-state index in [1.54, 1.807) is 18.6 Å². The van der Waals surface area contributed by atoms with E-state index < -0.39 is 0 Å². The third-order valence-electron chi connectivity index (χ3n) is 4.50. The van der Waals surface area contributed by atoms with E-state index in [4.69, 9.17) is 4.74 Å². The minimum atomic E-state index is -0.206. The fourth-order valence-electron chi connectivity index (χ4n) is 3.17. The number of carbonyl (C=O) groups is 1. The maximum Gasteiger partial charge on any atom is 0.227 e. The monoisotopic (exact) mass is 333 g/mol. The van der Waals surface area contributed by atoms with Gasteiger partial charge in [0.2, 0.25) is 5.91 Å². The Morgan fingerprint density at radius 1 is 1.16 bits per heavy atom. The van der Waals surface area contributed by atoms with E-state index in [2.05, 4.69) is 34.2 Å². The fraction of sp³-hybridized carbons (Fsp3) is 0.250.